The maximum Gasteiger partial charge on any atom is 0.129 e. The fourth-order valence-electron chi connectivity index (χ4n) is 2.30. The van der Waals surface area contributed by atoms with Gasteiger partial charge in [-0.05, 0) is 33.2 Å². The minimum atomic E-state index is 0.542. The monoisotopic (exact) mass is 234 g/mol. The van der Waals surface area contributed by atoms with Crippen LogP contribution in [0.3, 0.4) is 0 Å². The SMILES string of the molecule is CCc1cc(NC2CCN(C)C(C)C2)ncn1. The molecule has 0 radical (unpaired) electrons. The van der Waals surface area contributed by atoms with Gasteiger partial charge >= 0.3 is 0 Å². The molecule has 0 aliphatic carbocycles. The standard InChI is InChI=1S/C13H22N4/c1-4-11-8-13(15-9-14-11)16-12-5-6-17(3)10(2)7-12/h8-10,12H,4-7H2,1-3H3,(H,14,15,16). The van der Waals surface area contributed by atoms with Crippen molar-refractivity contribution in [1.82, 2.24) is 14.9 Å². The van der Waals surface area contributed by atoms with E-state index in [0.717, 1.165) is 24.5 Å². The summed E-state index contributed by atoms with van der Waals surface area (Å²) in [5.41, 5.74) is 1.10. The molecule has 2 atom stereocenters. The average molecular weight is 234 g/mol. The molecular formula is C13H22N4. The number of likely N-dealkylation sites (tertiary alicyclic amines) is 1. The number of aryl methyl sites for hydroxylation is 1. The Balaban J connectivity index is 1.96. The van der Waals surface area contributed by atoms with E-state index >= 15 is 0 Å². The predicted octanol–water partition coefficient (Wildman–Crippen LogP) is 1.93. The van der Waals surface area contributed by atoms with Crippen LogP contribution in [-0.2, 0) is 6.42 Å². The second kappa shape index (κ2) is 5.45. The third-order valence-corrected chi connectivity index (χ3v) is 3.65. The van der Waals surface area contributed by atoms with Crippen LogP contribution in [0, 0.1) is 0 Å². The molecule has 1 aliphatic rings. The van der Waals surface area contributed by atoms with Crippen LogP contribution in [0.25, 0.3) is 0 Å². The summed E-state index contributed by atoms with van der Waals surface area (Å²) in [6.07, 6.45) is 4.98. The third kappa shape index (κ3) is 3.16. The van der Waals surface area contributed by atoms with Crippen molar-refractivity contribution in [3.8, 4) is 0 Å². The van der Waals surface area contributed by atoms with E-state index in [2.05, 4.69) is 47.1 Å². The number of aromatic nitrogens is 2. The van der Waals surface area contributed by atoms with Crippen molar-refractivity contribution in [3.63, 3.8) is 0 Å². The predicted molar refractivity (Wildman–Crippen MR) is 70.1 cm³/mol. The zero-order valence-electron chi connectivity index (χ0n) is 11.0. The summed E-state index contributed by atoms with van der Waals surface area (Å²) in [5.74, 6) is 0.971. The molecule has 1 saturated heterocycles. The van der Waals surface area contributed by atoms with E-state index in [1.165, 1.54) is 12.8 Å². The molecule has 4 heteroatoms. The smallest absolute Gasteiger partial charge is 0.129 e. The van der Waals surface area contributed by atoms with Crippen LogP contribution in [0.2, 0.25) is 0 Å². The quantitative estimate of drug-likeness (QED) is 0.867. The number of hydrogen-bond donors (Lipinski definition) is 1. The first-order chi connectivity index (χ1) is 8.19. The van der Waals surface area contributed by atoms with Gasteiger partial charge in [0.1, 0.15) is 12.1 Å². The summed E-state index contributed by atoms with van der Waals surface area (Å²) < 4.78 is 0. The van der Waals surface area contributed by atoms with Crippen molar-refractivity contribution in [1.29, 1.82) is 0 Å². The van der Waals surface area contributed by atoms with Crippen molar-refractivity contribution in [2.45, 2.75) is 45.2 Å². The molecule has 1 aromatic rings. The van der Waals surface area contributed by atoms with Gasteiger partial charge in [0.15, 0.2) is 0 Å². The molecule has 1 aliphatic heterocycles. The van der Waals surface area contributed by atoms with E-state index in [-0.39, 0.29) is 0 Å². The van der Waals surface area contributed by atoms with Gasteiger partial charge in [-0.25, -0.2) is 9.97 Å². The number of piperidine rings is 1. The molecule has 1 N–H and O–H groups in total. The van der Waals surface area contributed by atoms with Crippen molar-refractivity contribution < 1.29 is 0 Å². The highest BCUT2D eigenvalue weighted by Crippen LogP contribution is 2.18. The Morgan fingerprint density at radius 1 is 1.47 bits per heavy atom. The van der Waals surface area contributed by atoms with Gasteiger partial charge in [-0.2, -0.15) is 0 Å². The molecule has 0 aromatic carbocycles. The van der Waals surface area contributed by atoms with Crippen LogP contribution < -0.4 is 5.32 Å². The van der Waals surface area contributed by atoms with Gasteiger partial charge in [0.25, 0.3) is 0 Å². The first-order valence-corrected chi connectivity index (χ1v) is 6.46. The van der Waals surface area contributed by atoms with Crippen LogP contribution in [0.5, 0.6) is 0 Å². The zero-order valence-corrected chi connectivity index (χ0v) is 11.0. The Labute approximate surface area is 103 Å². The molecule has 4 nitrogen and oxygen atoms in total. The molecule has 1 aromatic heterocycles. The van der Waals surface area contributed by atoms with Crippen LogP contribution >= 0.6 is 0 Å². The summed E-state index contributed by atoms with van der Waals surface area (Å²) in [4.78, 5) is 10.9. The minimum absolute atomic E-state index is 0.542. The van der Waals surface area contributed by atoms with Gasteiger partial charge in [-0.3, -0.25) is 0 Å². The molecule has 2 rings (SSSR count). The number of hydrogen-bond acceptors (Lipinski definition) is 4. The second-order valence-corrected chi connectivity index (χ2v) is 4.94. The fourth-order valence-corrected chi connectivity index (χ4v) is 2.30. The van der Waals surface area contributed by atoms with Crippen LogP contribution in [0.1, 0.15) is 32.4 Å². The molecule has 1 fully saturated rings. The highest BCUT2D eigenvalue weighted by atomic mass is 15.2. The van der Waals surface area contributed by atoms with Gasteiger partial charge in [0.2, 0.25) is 0 Å². The third-order valence-electron chi connectivity index (χ3n) is 3.65. The fraction of sp³-hybridized carbons (Fsp3) is 0.692. The van der Waals surface area contributed by atoms with E-state index in [1.54, 1.807) is 6.33 Å². The van der Waals surface area contributed by atoms with Gasteiger partial charge in [0.05, 0.1) is 0 Å². The first-order valence-electron chi connectivity index (χ1n) is 6.46. The Bertz CT molecular complexity index is 366. The summed E-state index contributed by atoms with van der Waals surface area (Å²) in [6.45, 7) is 5.56. The topological polar surface area (TPSA) is 41.0 Å². The lowest BCUT2D eigenvalue weighted by Crippen LogP contribution is -2.42. The van der Waals surface area contributed by atoms with Gasteiger partial charge in [0, 0.05) is 30.4 Å². The summed E-state index contributed by atoms with van der Waals surface area (Å²) in [7, 11) is 2.20. The van der Waals surface area contributed by atoms with Crippen molar-refractivity contribution >= 4 is 5.82 Å². The largest absolute Gasteiger partial charge is 0.367 e. The molecule has 0 amide bonds. The normalized spacial score (nSPS) is 25.8. The second-order valence-electron chi connectivity index (χ2n) is 4.94. The molecule has 17 heavy (non-hydrogen) atoms. The molecule has 94 valence electrons. The number of anilines is 1. The molecular weight excluding hydrogens is 212 g/mol. The van der Waals surface area contributed by atoms with E-state index in [0.29, 0.717) is 12.1 Å². The number of nitrogens with one attached hydrogen (secondary N) is 1. The molecule has 2 unspecified atom stereocenters. The van der Waals surface area contributed by atoms with Gasteiger partial charge < -0.3 is 10.2 Å². The highest BCUT2D eigenvalue weighted by molar-refractivity contribution is 5.36. The molecule has 2 heterocycles. The first kappa shape index (κ1) is 12.3. The average Bonchev–Trinajstić information content (AvgIpc) is 2.34. The lowest BCUT2D eigenvalue weighted by atomic mass is 9.99. The summed E-state index contributed by atoms with van der Waals surface area (Å²) in [5, 5.41) is 3.53. The van der Waals surface area contributed by atoms with E-state index in [4.69, 9.17) is 0 Å². The maximum absolute atomic E-state index is 4.29. The van der Waals surface area contributed by atoms with E-state index in [9.17, 15) is 0 Å². The van der Waals surface area contributed by atoms with E-state index in [1.807, 2.05) is 0 Å². The molecule has 0 bridgehead atoms. The lowest BCUT2D eigenvalue weighted by Gasteiger charge is -2.35. The molecule has 0 spiro atoms. The van der Waals surface area contributed by atoms with Crippen LogP contribution in [0.4, 0.5) is 5.82 Å². The van der Waals surface area contributed by atoms with Gasteiger partial charge in [-0.15, -0.1) is 0 Å². The maximum atomic E-state index is 4.29. The Hall–Kier alpha value is -1.16. The summed E-state index contributed by atoms with van der Waals surface area (Å²) in [6, 6.07) is 3.25. The number of rotatable bonds is 3. The van der Waals surface area contributed by atoms with E-state index < -0.39 is 0 Å². The van der Waals surface area contributed by atoms with Crippen molar-refractivity contribution in [2.75, 3.05) is 18.9 Å². The number of nitrogens with zero attached hydrogens (tertiary/aromatic N) is 3. The van der Waals surface area contributed by atoms with Crippen molar-refractivity contribution in [2.24, 2.45) is 0 Å². The van der Waals surface area contributed by atoms with Crippen LogP contribution in [-0.4, -0.2) is 40.5 Å². The van der Waals surface area contributed by atoms with Crippen molar-refractivity contribution in [3.05, 3.63) is 18.1 Å². The Morgan fingerprint density at radius 3 is 3.00 bits per heavy atom. The lowest BCUT2D eigenvalue weighted by molar-refractivity contribution is 0.190. The Morgan fingerprint density at radius 2 is 2.29 bits per heavy atom. The zero-order chi connectivity index (χ0) is 12.3. The molecule has 0 saturated carbocycles. The highest BCUT2D eigenvalue weighted by Gasteiger charge is 2.22. The minimum Gasteiger partial charge on any atom is -0.367 e. The summed E-state index contributed by atoms with van der Waals surface area (Å²) >= 11 is 0. The Kier molecular flexibility index (Phi) is 3.94. The van der Waals surface area contributed by atoms with Crippen LogP contribution in [0.15, 0.2) is 12.4 Å². The van der Waals surface area contributed by atoms with Gasteiger partial charge in [-0.1, -0.05) is 6.92 Å².